The highest BCUT2D eigenvalue weighted by Crippen LogP contribution is 2.25. The van der Waals surface area contributed by atoms with Gasteiger partial charge in [-0.15, -0.1) is 0 Å². The van der Waals surface area contributed by atoms with E-state index in [0.29, 0.717) is 11.2 Å². The number of carbonyl (C=O) groups is 1. The minimum absolute atomic E-state index is 0.165. The van der Waals surface area contributed by atoms with Gasteiger partial charge in [0.2, 0.25) is 10.0 Å². The normalized spacial score (nSPS) is 11.9. The van der Waals surface area contributed by atoms with Crippen LogP contribution >= 0.6 is 0 Å². The second-order valence-corrected chi connectivity index (χ2v) is 8.86. The van der Waals surface area contributed by atoms with E-state index in [1.54, 1.807) is 38.4 Å². The summed E-state index contributed by atoms with van der Waals surface area (Å²) in [4.78, 5) is 18.3. The number of nitrogens with zero attached hydrogens (tertiary/aromatic N) is 4. The van der Waals surface area contributed by atoms with E-state index >= 15 is 0 Å². The van der Waals surface area contributed by atoms with Crippen molar-refractivity contribution in [2.24, 2.45) is 0 Å². The third kappa shape index (κ3) is 3.33. The van der Waals surface area contributed by atoms with Gasteiger partial charge in [-0.2, -0.15) is 0 Å². The number of hydrogen-bond donors (Lipinski definition) is 0. The van der Waals surface area contributed by atoms with Crippen LogP contribution in [0.2, 0.25) is 0 Å². The van der Waals surface area contributed by atoms with E-state index in [1.165, 1.54) is 23.3 Å². The van der Waals surface area contributed by atoms with Gasteiger partial charge in [0, 0.05) is 39.6 Å². The number of pyridine rings is 1. The number of rotatable bonds is 4. The first-order valence-electron chi connectivity index (χ1n) is 8.36. The summed E-state index contributed by atoms with van der Waals surface area (Å²) in [6, 6.07) is 12.2. The Bertz CT molecular complexity index is 1130. The predicted molar refractivity (Wildman–Crippen MR) is 105 cm³/mol. The van der Waals surface area contributed by atoms with Gasteiger partial charge in [0.25, 0.3) is 5.91 Å². The van der Waals surface area contributed by atoms with Crippen molar-refractivity contribution < 1.29 is 13.2 Å². The Kier molecular flexibility index (Phi) is 4.79. The summed E-state index contributed by atoms with van der Waals surface area (Å²) in [5, 5.41) is 0. The zero-order valence-corrected chi connectivity index (χ0v) is 16.8. The molecule has 0 aliphatic heterocycles. The highest BCUT2D eigenvalue weighted by Gasteiger charge is 2.19. The quantitative estimate of drug-likeness (QED) is 0.689. The number of aryl methyl sites for hydroxylation is 1. The molecule has 0 aliphatic carbocycles. The average Bonchev–Trinajstić information content (AvgIpc) is 2.95. The van der Waals surface area contributed by atoms with Crippen molar-refractivity contribution in [3.8, 4) is 5.69 Å². The molecule has 0 fully saturated rings. The van der Waals surface area contributed by atoms with Crippen LogP contribution in [0.15, 0.2) is 47.4 Å². The first kappa shape index (κ1) is 19.1. The van der Waals surface area contributed by atoms with Gasteiger partial charge in [-0.25, -0.2) is 17.7 Å². The minimum Gasteiger partial charge on any atom is -0.343 e. The Balaban J connectivity index is 2.16. The minimum atomic E-state index is -3.53. The maximum Gasteiger partial charge on any atom is 0.271 e. The van der Waals surface area contributed by atoms with Crippen molar-refractivity contribution in [3.63, 3.8) is 0 Å². The lowest BCUT2D eigenvalue weighted by Gasteiger charge is -2.14. The molecule has 3 rings (SSSR count). The molecule has 1 amide bonds. The van der Waals surface area contributed by atoms with Gasteiger partial charge in [-0.05, 0) is 43.3 Å². The monoisotopic (exact) mass is 386 g/mol. The SMILES string of the molecule is Cc1cc2nc(C(=O)N(C)C)ccc2n1-c1cccc(S(=O)(=O)N(C)C)c1. The smallest absolute Gasteiger partial charge is 0.271 e. The van der Waals surface area contributed by atoms with Crippen molar-refractivity contribution >= 4 is 27.0 Å². The summed E-state index contributed by atoms with van der Waals surface area (Å²) in [6.07, 6.45) is 0. The molecule has 0 unspecified atom stereocenters. The number of hydrogen-bond acceptors (Lipinski definition) is 4. The van der Waals surface area contributed by atoms with Crippen LogP contribution in [0.3, 0.4) is 0 Å². The molecule has 0 saturated heterocycles. The first-order chi connectivity index (χ1) is 12.6. The summed E-state index contributed by atoms with van der Waals surface area (Å²) in [5.41, 5.74) is 3.47. The zero-order chi connectivity index (χ0) is 19.9. The standard InChI is InChI=1S/C19H22N4O3S/c1-13-11-17-18(10-9-16(20-17)19(24)21(2)3)23(13)14-7-6-8-15(12-14)27(25,26)22(4)5/h6-12H,1-5H3. The zero-order valence-electron chi connectivity index (χ0n) is 16.0. The van der Waals surface area contributed by atoms with Crippen molar-refractivity contribution in [1.82, 2.24) is 18.8 Å². The Morgan fingerprint density at radius 3 is 2.37 bits per heavy atom. The van der Waals surface area contributed by atoms with Gasteiger partial charge in [-0.1, -0.05) is 6.07 Å². The lowest BCUT2D eigenvalue weighted by molar-refractivity contribution is 0.0822. The Morgan fingerprint density at radius 2 is 1.74 bits per heavy atom. The maximum absolute atomic E-state index is 12.4. The number of aromatic nitrogens is 2. The first-order valence-corrected chi connectivity index (χ1v) is 9.80. The molecule has 142 valence electrons. The fourth-order valence-electron chi connectivity index (χ4n) is 2.90. The fourth-order valence-corrected chi connectivity index (χ4v) is 3.84. The molecule has 1 aromatic carbocycles. The van der Waals surface area contributed by atoms with Gasteiger partial charge in [-0.3, -0.25) is 4.79 Å². The summed E-state index contributed by atoms with van der Waals surface area (Å²) in [7, 11) is 2.84. The summed E-state index contributed by atoms with van der Waals surface area (Å²) >= 11 is 0. The van der Waals surface area contributed by atoms with E-state index in [9.17, 15) is 13.2 Å². The molecule has 0 saturated carbocycles. The highest BCUT2D eigenvalue weighted by molar-refractivity contribution is 7.89. The summed E-state index contributed by atoms with van der Waals surface area (Å²) in [6.45, 7) is 1.92. The number of amides is 1. The van der Waals surface area contributed by atoms with Gasteiger partial charge in [0.1, 0.15) is 5.69 Å². The van der Waals surface area contributed by atoms with Crippen LogP contribution in [0.25, 0.3) is 16.7 Å². The highest BCUT2D eigenvalue weighted by atomic mass is 32.2. The molecule has 0 radical (unpaired) electrons. The Morgan fingerprint density at radius 1 is 1.04 bits per heavy atom. The molecule has 0 bridgehead atoms. The molecule has 0 spiro atoms. The molecule has 2 aromatic heterocycles. The summed E-state index contributed by atoms with van der Waals surface area (Å²) < 4.78 is 28.0. The number of carbonyl (C=O) groups excluding carboxylic acids is 1. The van der Waals surface area contributed by atoms with Crippen LogP contribution in [-0.2, 0) is 10.0 Å². The van der Waals surface area contributed by atoms with Crippen LogP contribution in [-0.4, -0.2) is 61.3 Å². The summed E-state index contributed by atoms with van der Waals surface area (Å²) in [5.74, 6) is -0.165. The van der Waals surface area contributed by atoms with Crippen molar-refractivity contribution in [3.05, 3.63) is 53.9 Å². The third-order valence-corrected chi connectivity index (χ3v) is 6.13. The molecule has 0 atom stereocenters. The topological polar surface area (TPSA) is 75.5 Å². The molecular formula is C19H22N4O3S. The van der Waals surface area contributed by atoms with Crippen LogP contribution in [0.5, 0.6) is 0 Å². The second kappa shape index (κ2) is 6.79. The lowest BCUT2D eigenvalue weighted by atomic mass is 10.2. The second-order valence-electron chi connectivity index (χ2n) is 6.71. The van der Waals surface area contributed by atoms with Crippen molar-refractivity contribution in [2.45, 2.75) is 11.8 Å². The number of fused-ring (bicyclic) bond motifs is 1. The number of benzene rings is 1. The van der Waals surface area contributed by atoms with Crippen molar-refractivity contribution in [1.29, 1.82) is 0 Å². The predicted octanol–water partition coefficient (Wildman–Crippen LogP) is 2.29. The molecule has 0 N–H and O–H groups in total. The molecule has 2 heterocycles. The molecular weight excluding hydrogens is 364 g/mol. The van der Waals surface area contributed by atoms with E-state index < -0.39 is 10.0 Å². The van der Waals surface area contributed by atoms with E-state index in [-0.39, 0.29) is 10.8 Å². The third-order valence-electron chi connectivity index (χ3n) is 4.32. The van der Waals surface area contributed by atoms with Crippen LogP contribution in [0.1, 0.15) is 16.2 Å². The molecule has 3 aromatic rings. The molecule has 0 aliphatic rings. The van der Waals surface area contributed by atoms with E-state index in [0.717, 1.165) is 16.9 Å². The van der Waals surface area contributed by atoms with Crippen LogP contribution in [0.4, 0.5) is 0 Å². The van der Waals surface area contributed by atoms with Gasteiger partial charge in [0.15, 0.2) is 0 Å². The van der Waals surface area contributed by atoms with E-state index in [4.69, 9.17) is 0 Å². The fraction of sp³-hybridized carbons (Fsp3) is 0.263. The van der Waals surface area contributed by atoms with E-state index in [1.807, 2.05) is 29.7 Å². The molecule has 27 heavy (non-hydrogen) atoms. The van der Waals surface area contributed by atoms with Gasteiger partial charge in [0.05, 0.1) is 15.9 Å². The molecule has 8 heteroatoms. The average molecular weight is 386 g/mol. The lowest BCUT2D eigenvalue weighted by Crippen LogP contribution is -2.22. The Hall–Kier alpha value is -2.71. The van der Waals surface area contributed by atoms with Crippen LogP contribution < -0.4 is 0 Å². The Labute approximate surface area is 158 Å². The number of sulfonamides is 1. The maximum atomic E-state index is 12.4. The van der Waals surface area contributed by atoms with Crippen molar-refractivity contribution in [2.75, 3.05) is 28.2 Å². The van der Waals surface area contributed by atoms with Gasteiger partial charge >= 0.3 is 0 Å². The molecule has 7 nitrogen and oxygen atoms in total. The van der Waals surface area contributed by atoms with Gasteiger partial charge < -0.3 is 9.47 Å². The van der Waals surface area contributed by atoms with Crippen LogP contribution in [0, 0.1) is 6.92 Å². The van der Waals surface area contributed by atoms with E-state index in [2.05, 4.69) is 4.98 Å². The largest absolute Gasteiger partial charge is 0.343 e.